The molecule has 0 N–H and O–H groups in total. The van der Waals surface area contributed by atoms with Gasteiger partial charge in [-0.05, 0) is 29.8 Å². The second-order valence-corrected chi connectivity index (χ2v) is 2.60. The first-order chi connectivity index (χ1) is 3.63. The molecular formula is C5H9BrO2. The summed E-state index contributed by atoms with van der Waals surface area (Å²) in [6, 6.07) is 0. The van der Waals surface area contributed by atoms with Gasteiger partial charge in [0.05, 0.1) is 6.10 Å². The van der Waals surface area contributed by atoms with E-state index in [0.717, 1.165) is 0 Å². The summed E-state index contributed by atoms with van der Waals surface area (Å²) < 4.78 is 4.80. The van der Waals surface area contributed by atoms with E-state index < -0.39 is 0 Å². The summed E-state index contributed by atoms with van der Waals surface area (Å²) in [4.78, 5) is 10.1. The van der Waals surface area contributed by atoms with Crippen molar-refractivity contribution in [2.45, 2.75) is 20.0 Å². The van der Waals surface area contributed by atoms with Gasteiger partial charge in [-0.1, -0.05) is 0 Å². The average Bonchev–Trinajstić information content (AvgIpc) is 1.61. The summed E-state index contributed by atoms with van der Waals surface area (Å²) in [5, 5.41) is 0. The molecule has 0 aliphatic carbocycles. The fourth-order valence-corrected chi connectivity index (χ4v) is 0.364. The van der Waals surface area contributed by atoms with Gasteiger partial charge in [0.15, 0.2) is 0 Å². The second-order valence-electron chi connectivity index (χ2n) is 1.71. The summed E-state index contributed by atoms with van der Waals surface area (Å²) in [5.74, 6) is 0. The van der Waals surface area contributed by atoms with E-state index >= 15 is 0 Å². The van der Waals surface area contributed by atoms with Crippen LogP contribution in [0.25, 0.3) is 0 Å². The van der Waals surface area contributed by atoms with Gasteiger partial charge in [-0.25, -0.2) is 0 Å². The van der Waals surface area contributed by atoms with Crippen LogP contribution in [0, 0.1) is 0 Å². The molecule has 0 amide bonds. The molecule has 0 unspecified atom stereocenters. The van der Waals surface area contributed by atoms with Crippen LogP contribution in [0.2, 0.25) is 0 Å². The quantitative estimate of drug-likeness (QED) is 0.614. The SMILES string of the molecule is CC(C)OCC(=O)Br. The highest BCUT2D eigenvalue weighted by Gasteiger charge is 1.96. The van der Waals surface area contributed by atoms with Crippen LogP contribution in [-0.2, 0) is 9.53 Å². The summed E-state index contributed by atoms with van der Waals surface area (Å²) >= 11 is 2.74. The van der Waals surface area contributed by atoms with Crippen LogP contribution in [0.5, 0.6) is 0 Å². The minimum Gasteiger partial charge on any atom is -0.370 e. The van der Waals surface area contributed by atoms with Crippen molar-refractivity contribution in [2.24, 2.45) is 0 Å². The number of carbonyl (C=O) groups excluding carboxylic acids is 1. The van der Waals surface area contributed by atoms with Gasteiger partial charge in [-0.15, -0.1) is 0 Å². The van der Waals surface area contributed by atoms with E-state index in [1.165, 1.54) is 0 Å². The van der Waals surface area contributed by atoms with E-state index in [2.05, 4.69) is 15.9 Å². The summed E-state index contributed by atoms with van der Waals surface area (Å²) in [5.41, 5.74) is 0. The Balaban J connectivity index is 3.05. The number of rotatable bonds is 3. The third kappa shape index (κ3) is 6.11. The Morgan fingerprint density at radius 2 is 2.25 bits per heavy atom. The van der Waals surface area contributed by atoms with Crippen molar-refractivity contribution in [3.05, 3.63) is 0 Å². The molecule has 0 saturated carbocycles. The Kier molecular flexibility index (Phi) is 4.09. The molecule has 0 spiro atoms. The Bertz CT molecular complexity index is 80.5. The van der Waals surface area contributed by atoms with Crippen molar-refractivity contribution in [2.75, 3.05) is 6.61 Å². The van der Waals surface area contributed by atoms with Crippen LogP contribution in [-0.4, -0.2) is 17.4 Å². The highest BCUT2D eigenvalue weighted by atomic mass is 79.9. The van der Waals surface area contributed by atoms with E-state index in [4.69, 9.17) is 4.74 Å². The van der Waals surface area contributed by atoms with Gasteiger partial charge in [-0.2, -0.15) is 0 Å². The first kappa shape index (κ1) is 8.11. The third-order valence-electron chi connectivity index (χ3n) is 0.530. The lowest BCUT2D eigenvalue weighted by Crippen LogP contribution is -2.07. The molecular weight excluding hydrogens is 172 g/mol. The maximum atomic E-state index is 10.1. The summed E-state index contributed by atoms with van der Waals surface area (Å²) in [6.45, 7) is 3.93. The average molecular weight is 181 g/mol. The second kappa shape index (κ2) is 4.04. The molecule has 3 heteroatoms. The lowest BCUT2D eigenvalue weighted by Gasteiger charge is -2.01. The molecule has 0 radical (unpaired) electrons. The monoisotopic (exact) mass is 180 g/mol. The lowest BCUT2D eigenvalue weighted by molar-refractivity contribution is -0.115. The smallest absolute Gasteiger partial charge is 0.223 e. The maximum absolute atomic E-state index is 10.1. The van der Waals surface area contributed by atoms with E-state index in [1.54, 1.807) is 0 Å². The van der Waals surface area contributed by atoms with Crippen molar-refractivity contribution in [3.63, 3.8) is 0 Å². The topological polar surface area (TPSA) is 26.3 Å². The number of halogens is 1. The molecule has 0 heterocycles. The molecule has 0 aromatic rings. The largest absolute Gasteiger partial charge is 0.370 e. The highest BCUT2D eigenvalue weighted by molar-refractivity contribution is 9.18. The number of hydrogen-bond acceptors (Lipinski definition) is 2. The predicted molar refractivity (Wildman–Crippen MR) is 35.0 cm³/mol. The van der Waals surface area contributed by atoms with Crippen molar-refractivity contribution in [1.29, 1.82) is 0 Å². The number of ether oxygens (including phenoxy) is 1. The first-order valence-electron chi connectivity index (χ1n) is 2.43. The first-order valence-corrected chi connectivity index (χ1v) is 3.22. The summed E-state index contributed by atoms with van der Waals surface area (Å²) in [6.07, 6.45) is 0.136. The van der Waals surface area contributed by atoms with Crippen molar-refractivity contribution in [1.82, 2.24) is 0 Å². The van der Waals surface area contributed by atoms with E-state index in [-0.39, 0.29) is 17.4 Å². The molecule has 0 rings (SSSR count). The van der Waals surface area contributed by atoms with Gasteiger partial charge < -0.3 is 4.74 Å². The maximum Gasteiger partial charge on any atom is 0.223 e. The Hall–Kier alpha value is 0.110. The van der Waals surface area contributed by atoms with Crippen LogP contribution in [0.15, 0.2) is 0 Å². The fourth-order valence-electron chi connectivity index (χ4n) is 0.232. The van der Waals surface area contributed by atoms with Crippen LogP contribution < -0.4 is 0 Å². The Morgan fingerprint density at radius 1 is 1.75 bits per heavy atom. The van der Waals surface area contributed by atoms with Gasteiger partial charge >= 0.3 is 0 Å². The molecule has 0 saturated heterocycles. The van der Waals surface area contributed by atoms with Crippen LogP contribution >= 0.6 is 15.9 Å². The minimum absolute atomic E-state index is 0.105. The standard InChI is InChI=1S/C5H9BrO2/c1-4(2)8-3-5(6)7/h4H,3H2,1-2H3. The van der Waals surface area contributed by atoms with E-state index in [0.29, 0.717) is 0 Å². The van der Waals surface area contributed by atoms with Gasteiger partial charge in [0.25, 0.3) is 0 Å². The zero-order valence-electron chi connectivity index (χ0n) is 4.98. The Morgan fingerprint density at radius 3 is 2.38 bits per heavy atom. The Labute approximate surface area is 57.3 Å². The van der Waals surface area contributed by atoms with Gasteiger partial charge in [-0.3, -0.25) is 4.79 Å². The normalized spacial score (nSPS) is 10.0. The van der Waals surface area contributed by atoms with Crippen molar-refractivity contribution in [3.8, 4) is 0 Å². The minimum atomic E-state index is -0.105. The zero-order chi connectivity index (χ0) is 6.57. The summed E-state index contributed by atoms with van der Waals surface area (Å²) in [7, 11) is 0. The van der Waals surface area contributed by atoms with Crippen molar-refractivity contribution < 1.29 is 9.53 Å². The third-order valence-corrected chi connectivity index (χ3v) is 0.759. The molecule has 0 aliphatic heterocycles. The van der Waals surface area contributed by atoms with E-state index in [1.807, 2.05) is 13.8 Å². The molecule has 0 bridgehead atoms. The molecule has 0 aliphatic rings. The molecule has 0 fully saturated rings. The van der Waals surface area contributed by atoms with Gasteiger partial charge in [0, 0.05) is 0 Å². The molecule has 0 aromatic carbocycles. The highest BCUT2D eigenvalue weighted by Crippen LogP contribution is 1.90. The predicted octanol–water partition coefficient (Wildman–Crippen LogP) is 1.33. The number of carbonyl (C=O) groups is 1. The molecule has 0 atom stereocenters. The molecule has 2 nitrogen and oxygen atoms in total. The molecule has 48 valence electrons. The number of hydrogen-bond donors (Lipinski definition) is 0. The van der Waals surface area contributed by atoms with Crippen LogP contribution in [0.3, 0.4) is 0 Å². The molecule has 8 heavy (non-hydrogen) atoms. The fraction of sp³-hybridized carbons (Fsp3) is 0.800. The molecule has 0 aromatic heterocycles. The van der Waals surface area contributed by atoms with Crippen LogP contribution in [0.1, 0.15) is 13.8 Å². The lowest BCUT2D eigenvalue weighted by atomic mass is 10.5. The van der Waals surface area contributed by atoms with Gasteiger partial charge in [0.2, 0.25) is 4.69 Å². The zero-order valence-corrected chi connectivity index (χ0v) is 6.56. The van der Waals surface area contributed by atoms with Crippen LogP contribution in [0.4, 0.5) is 0 Å². The van der Waals surface area contributed by atoms with E-state index in [9.17, 15) is 4.79 Å². The van der Waals surface area contributed by atoms with Crippen molar-refractivity contribution >= 4 is 20.6 Å². The van der Waals surface area contributed by atoms with Gasteiger partial charge in [0.1, 0.15) is 6.61 Å².